The Labute approximate surface area is 158 Å². The van der Waals surface area contributed by atoms with E-state index in [9.17, 15) is 10.1 Å². The summed E-state index contributed by atoms with van der Waals surface area (Å²) >= 11 is 0. The van der Waals surface area contributed by atoms with Gasteiger partial charge in [0.05, 0.1) is 16.5 Å². The van der Waals surface area contributed by atoms with Crippen LogP contribution >= 0.6 is 0 Å². The van der Waals surface area contributed by atoms with Crippen molar-refractivity contribution in [3.8, 4) is 17.5 Å². The Balaban J connectivity index is 1.56. The molecule has 5 rings (SSSR count). The maximum atomic E-state index is 12.0. The highest BCUT2D eigenvalue weighted by molar-refractivity contribution is 5.90. The van der Waals surface area contributed by atoms with Crippen LogP contribution in [-0.2, 0) is 12.8 Å². The largest absolute Gasteiger partial charge is 0.307 e. The van der Waals surface area contributed by atoms with E-state index in [1.807, 2.05) is 0 Å². The van der Waals surface area contributed by atoms with Gasteiger partial charge in [0.2, 0.25) is 5.95 Å². The van der Waals surface area contributed by atoms with E-state index in [0.29, 0.717) is 28.7 Å². The van der Waals surface area contributed by atoms with Gasteiger partial charge in [0.25, 0.3) is 5.56 Å². The summed E-state index contributed by atoms with van der Waals surface area (Å²) in [7, 11) is 0. The zero-order valence-corrected chi connectivity index (χ0v) is 14.7. The molecule has 138 valence electrons. The zero-order chi connectivity index (χ0) is 19.1. The molecule has 0 bridgehead atoms. The minimum atomic E-state index is -0.357. The highest BCUT2D eigenvalue weighted by atomic mass is 16.1. The number of aromatic nitrogens is 7. The number of hydrogen-bond donors (Lipinski definition) is 4. The van der Waals surface area contributed by atoms with Crippen LogP contribution in [0.4, 0.5) is 11.8 Å². The number of aryl methyl sites for hydroxylation is 1. The lowest BCUT2D eigenvalue weighted by molar-refractivity contribution is 0.675. The van der Waals surface area contributed by atoms with Crippen molar-refractivity contribution in [2.75, 3.05) is 5.32 Å². The van der Waals surface area contributed by atoms with Crippen molar-refractivity contribution in [1.82, 2.24) is 35.3 Å². The number of H-pyrrole nitrogens is 3. The SMILES string of the molecule is N#Cc1c(-c2ncnc(Nc3n[nH]c4c3CCCC4)n2)ccc2[nH][nH]c(=O)c12. The number of anilines is 2. The third-order valence-corrected chi connectivity index (χ3v) is 4.95. The van der Waals surface area contributed by atoms with Crippen LogP contribution in [0.2, 0.25) is 0 Å². The second-order valence-electron chi connectivity index (χ2n) is 6.60. The highest BCUT2D eigenvalue weighted by Crippen LogP contribution is 2.28. The average molecular weight is 373 g/mol. The predicted molar refractivity (Wildman–Crippen MR) is 101 cm³/mol. The van der Waals surface area contributed by atoms with Crippen LogP contribution in [-0.4, -0.2) is 35.3 Å². The maximum absolute atomic E-state index is 12.0. The van der Waals surface area contributed by atoms with Crippen molar-refractivity contribution >= 4 is 22.7 Å². The molecule has 10 heteroatoms. The Morgan fingerprint density at radius 1 is 1.14 bits per heavy atom. The minimum Gasteiger partial charge on any atom is -0.307 e. The number of nitrogens with one attached hydrogen (secondary N) is 4. The summed E-state index contributed by atoms with van der Waals surface area (Å²) in [6, 6.07) is 5.51. The molecular formula is C18H15N9O. The van der Waals surface area contributed by atoms with Gasteiger partial charge in [0.15, 0.2) is 11.6 Å². The highest BCUT2D eigenvalue weighted by Gasteiger charge is 2.19. The molecule has 1 aliphatic rings. The van der Waals surface area contributed by atoms with Crippen molar-refractivity contribution in [1.29, 1.82) is 5.26 Å². The molecule has 1 aromatic carbocycles. The van der Waals surface area contributed by atoms with Gasteiger partial charge in [-0.25, -0.2) is 9.97 Å². The first kappa shape index (κ1) is 16.2. The second-order valence-corrected chi connectivity index (χ2v) is 6.60. The van der Waals surface area contributed by atoms with E-state index >= 15 is 0 Å². The van der Waals surface area contributed by atoms with Gasteiger partial charge in [0, 0.05) is 16.8 Å². The van der Waals surface area contributed by atoms with Gasteiger partial charge in [0.1, 0.15) is 12.4 Å². The van der Waals surface area contributed by atoms with Gasteiger partial charge in [-0.1, -0.05) is 0 Å². The quantitative estimate of drug-likeness (QED) is 0.428. The fraction of sp³-hybridized carbons (Fsp3) is 0.222. The Morgan fingerprint density at radius 3 is 2.93 bits per heavy atom. The van der Waals surface area contributed by atoms with Gasteiger partial charge >= 0.3 is 0 Å². The monoisotopic (exact) mass is 373 g/mol. The first-order valence-electron chi connectivity index (χ1n) is 8.90. The van der Waals surface area contributed by atoms with E-state index in [0.717, 1.165) is 36.9 Å². The maximum Gasteiger partial charge on any atom is 0.273 e. The Kier molecular flexibility index (Phi) is 3.65. The lowest BCUT2D eigenvalue weighted by Crippen LogP contribution is -2.06. The molecule has 4 N–H and O–H groups in total. The van der Waals surface area contributed by atoms with E-state index in [1.54, 1.807) is 12.1 Å². The Hall–Kier alpha value is -4.00. The average Bonchev–Trinajstić information content (AvgIpc) is 3.31. The molecule has 0 atom stereocenters. The van der Waals surface area contributed by atoms with E-state index in [-0.39, 0.29) is 16.5 Å². The number of nitriles is 1. The number of hydrogen-bond acceptors (Lipinski definition) is 7. The van der Waals surface area contributed by atoms with Crippen LogP contribution in [0, 0.1) is 11.3 Å². The summed E-state index contributed by atoms with van der Waals surface area (Å²) in [6.07, 6.45) is 5.60. The van der Waals surface area contributed by atoms with Crippen molar-refractivity contribution in [3.05, 3.63) is 45.6 Å². The Bertz CT molecular complexity index is 1290. The Morgan fingerprint density at radius 2 is 2.04 bits per heavy atom. The van der Waals surface area contributed by atoms with Crippen LogP contribution in [0.1, 0.15) is 29.7 Å². The molecule has 0 aliphatic heterocycles. The molecule has 0 fully saturated rings. The summed E-state index contributed by atoms with van der Waals surface area (Å²) in [4.78, 5) is 24.8. The molecule has 1 aliphatic carbocycles. The molecule has 4 aromatic rings. The molecule has 0 radical (unpaired) electrons. The van der Waals surface area contributed by atoms with E-state index in [4.69, 9.17) is 0 Å². The summed E-state index contributed by atoms with van der Waals surface area (Å²) in [5.41, 5.74) is 3.19. The van der Waals surface area contributed by atoms with Crippen LogP contribution in [0.5, 0.6) is 0 Å². The molecule has 0 unspecified atom stereocenters. The smallest absolute Gasteiger partial charge is 0.273 e. The first-order chi connectivity index (χ1) is 13.7. The zero-order valence-electron chi connectivity index (χ0n) is 14.7. The van der Waals surface area contributed by atoms with Gasteiger partial charge < -0.3 is 5.32 Å². The van der Waals surface area contributed by atoms with Crippen LogP contribution in [0.15, 0.2) is 23.3 Å². The van der Waals surface area contributed by atoms with Gasteiger partial charge in [-0.2, -0.15) is 15.3 Å². The molecule has 10 nitrogen and oxygen atoms in total. The predicted octanol–water partition coefficient (Wildman–Crippen LogP) is 1.93. The third-order valence-electron chi connectivity index (χ3n) is 4.95. The molecule has 0 saturated carbocycles. The molecule has 28 heavy (non-hydrogen) atoms. The number of nitrogens with zero attached hydrogens (tertiary/aromatic N) is 5. The lowest BCUT2D eigenvalue weighted by atomic mass is 9.98. The lowest BCUT2D eigenvalue weighted by Gasteiger charge is -2.11. The van der Waals surface area contributed by atoms with E-state index in [2.05, 4.69) is 46.7 Å². The number of aromatic amines is 3. The second kappa shape index (κ2) is 6.31. The number of rotatable bonds is 3. The fourth-order valence-corrected chi connectivity index (χ4v) is 3.61. The topological polar surface area (TPSA) is 152 Å². The molecule has 3 heterocycles. The van der Waals surface area contributed by atoms with Crippen LogP contribution in [0.3, 0.4) is 0 Å². The van der Waals surface area contributed by atoms with E-state index in [1.165, 1.54) is 6.33 Å². The molecule has 0 amide bonds. The van der Waals surface area contributed by atoms with Crippen LogP contribution in [0.25, 0.3) is 22.3 Å². The molecule has 0 saturated heterocycles. The summed E-state index contributed by atoms with van der Waals surface area (Å²) in [5.74, 6) is 1.35. The number of benzene rings is 1. The number of fused-ring (bicyclic) bond motifs is 2. The van der Waals surface area contributed by atoms with E-state index < -0.39 is 0 Å². The van der Waals surface area contributed by atoms with Crippen LogP contribution < -0.4 is 10.9 Å². The van der Waals surface area contributed by atoms with Crippen molar-refractivity contribution in [2.45, 2.75) is 25.7 Å². The molecule has 3 aromatic heterocycles. The van der Waals surface area contributed by atoms with Gasteiger partial charge in [-0.05, 0) is 37.8 Å². The molecular weight excluding hydrogens is 358 g/mol. The summed E-state index contributed by atoms with van der Waals surface area (Å²) in [6.45, 7) is 0. The normalized spacial score (nSPS) is 13.2. The molecule has 0 spiro atoms. The summed E-state index contributed by atoms with van der Waals surface area (Å²) in [5, 5.41) is 25.7. The third kappa shape index (κ3) is 2.52. The van der Waals surface area contributed by atoms with Gasteiger partial charge in [-0.15, -0.1) is 0 Å². The van der Waals surface area contributed by atoms with Crippen molar-refractivity contribution in [2.24, 2.45) is 0 Å². The first-order valence-corrected chi connectivity index (χ1v) is 8.90. The fourth-order valence-electron chi connectivity index (χ4n) is 3.61. The van der Waals surface area contributed by atoms with Crippen molar-refractivity contribution in [3.63, 3.8) is 0 Å². The minimum absolute atomic E-state index is 0.217. The van der Waals surface area contributed by atoms with Crippen molar-refractivity contribution < 1.29 is 0 Å². The van der Waals surface area contributed by atoms with Gasteiger partial charge in [-0.3, -0.25) is 20.1 Å². The summed E-state index contributed by atoms with van der Waals surface area (Å²) < 4.78 is 0. The standard InChI is InChI=1S/C18H15N9O/c19-7-11-9(5-6-13-14(11)17(28)27-25-13)15-20-8-21-18(22-15)23-16-10-3-1-2-4-12(10)24-26-16/h5-6,8H,1-4H2,(H2,25,27,28)(H2,20,21,22,23,24,26).